The largest absolute Gasteiger partial charge is 0.122 e. The molecule has 0 aliphatic carbocycles. The average Bonchev–Trinajstić information content (AvgIpc) is 2.53. The minimum Gasteiger partial charge on any atom is -0.122 e. The van der Waals surface area contributed by atoms with E-state index in [1.807, 2.05) is 47.4 Å². The van der Waals surface area contributed by atoms with Crippen LogP contribution in [-0.4, -0.2) is 11.5 Å². The van der Waals surface area contributed by atoms with Crippen LogP contribution in [0.2, 0.25) is 0 Å². The van der Waals surface area contributed by atoms with Crippen molar-refractivity contribution in [3.05, 3.63) is 72.8 Å². The number of hydrogen-bond acceptors (Lipinski definition) is 3. The lowest BCUT2D eigenvalue weighted by atomic mass is 10.2. The predicted octanol–water partition coefficient (Wildman–Crippen LogP) is 7.01. The number of aryl methyl sites for hydroxylation is 2. The van der Waals surface area contributed by atoms with Crippen LogP contribution in [0.3, 0.4) is 0 Å². The molecule has 0 amide bonds. The maximum atomic E-state index is 3.78. The van der Waals surface area contributed by atoms with Gasteiger partial charge in [-0.05, 0) is 61.4 Å². The van der Waals surface area contributed by atoms with E-state index in [1.54, 1.807) is 0 Å². The highest BCUT2D eigenvalue weighted by Gasteiger charge is 2.05. The van der Waals surface area contributed by atoms with Crippen LogP contribution in [0.5, 0.6) is 0 Å². The minimum atomic E-state index is 0.955. The van der Waals surface area contributed by atoms with E-state index in [4.69, 9.17) is 0 Å². The molecule has 0 fully saturated rings. The Morgan fingerprint density at radius 3 is 1.57 bits per heavy atom. The van der Waals surface area contributed by atoms with Gasteiger partial charge in [0.1, 0.15) is 0 Å². The molecule has 23 heavy (non-hydrogen) atoms. The molecule has 0 aliphatic rings. The van der Waals surface area contributed by atoms with Gasteiger partial charge < -0.3 is 0 Å². The van der Waals surface area contributed by atoms with Gasteiger partial charge in [0.2, 0.25) is 0 Å². The van der Waals surface area contributed by atoms with E-state index < -0.39 is 0 Å². The maximum Gasteiger partial charge on any atom is 0.0158 e. The van der Waals surface area contributed by atoms with E-state index in [1.165, 1.54) is 30.7 Å². The first-order valence-electron chi connectivity index (χ1n) is 7.50. The molecule has 0 N–H and O–H groups in total. The van der Waals surface area contributed by atoms with Gasteiger partial charge in [0.05, 0.1) is 0 Å². The second kappa shape index (κ2) is 9.31. The number of benzene rings is 2. The normalized spacial score (nSPS) is 10.5. The fourth-order valence-electron chi connectivity index (χ4n) is 2.13. The summed E-state index contributed by atoms with van der Waals surface area (Å²) in [5.74, 6) is 1.91. The molecule has 2 aromatic carbocycles. The first-order chi connectivity index (χ1) is 11.1. The quantitative estimate of drug-likeness (QED) is 0.368. The zero-order valence-electron chi connectivity index (χ0n) is 13.7. The summed E-state index contributed by atoms with van der Waals surface area (Å²) in [6, 6.07) is 13.4. The van der Waals surface area contributed by atoms with Crippen molar-refractivity contribution < 1.29 is 0 Å². The molecule has 3 heteroatoms. The van der Waals surface area contributed by atoms with Gasteiger partial charge in [0, 0.05) is 31.1 Å². The Balaban J connectivity index is 2.09. The van der Waals surface area contributed by atoms with Crippen molar-refractivity contribution in [1.29, 1.82) is 0 Å². The van der Waals surface area contributed by atoms with Gasteiger partial charge in [0.25, 0.3) is 0 Å². The van der Waals surface area contributed by atoms with E-state index >= 15 is 0 Å². The molecule has 2 aromatic rings. The van der Waals surface area contributed by atoms with Crippen molar-refractivity contribution in [1.82, 2.24) is 0 Å². The Morgan fingerprint density at radius 2 is 1.22 bits per heavy atom. The smallest absolute Gasteiger partial charge is 0.0158 e. The molecule has 0 aliphatic heterocycles. The summed E-state index contributed by atoms with van der Waals surface area (Å²) in [4.78, 5) is 5.25. The lowest BCUT2D eigenvalue weighted by Gasteiger charge is -2.09. The molecule has 0 saturated carbocycles. The second-order valence-corrected chi connectivity index (χ2v) is 8.43. The Labute approximate surface area is 152 Å². The first-order valence-corrected chi connectivity index (χ1v) is 10.3. The lowest BCUT2D eigenvalue weighted by Crippen LogP contribution is -1.84. The van der Waals surface area contributed by atoms with Gasteiger partial charge in [-0.3, -0.25) is 0 Å². The Kier molecular flexibility index (Phi) is 7.41. The van der Waals surface area contributed by atoms with Crippen LogP contribution in [0.15, 0.2) is 81.3 Å². The summed E-state index contributed by atoms with van der Waals surface area (Å²) < 4.78 is 0. The highest BCUT2D eigenvalue weighted by atomic mass is 32.2. The number of thioether (sulfide) groups is 2. The molecule has 0 nitrogen and oxygen atoms in total. The molecular weight excluding hydrogens is 336 g/mol. The highest BCUT2D eigenvalue weighted by Crippen LogP contribution is 2.34. The summed E-state index contributed by atoms with van der Waals surface area (Å²) in [7, 11) is 0. The standard InChI is InChI=1S/C20H22S3/c1-5-11-21-19-9-7-17(13-15(19)3)23-18-8-10-20(16(4)14-18)22-12-6-2/h5-10,13-14H,1-2,11-12H2,3-4H3. The fourth-order valence-corrected chi connectivity index (χ4v) is 4.64. The minimum absolute atomic E-state index is 0.955. The van der Waals surface area contributed by atoms with Gasteiger partial charge in [-0.1, -0.05) is 23.9 Å². The van der Waals surface area contributed by atoms with Crippen molar-refractivity contribution in [2.75, 3.05) is 11.5 Å². The molecule has 0 saturated heterocycles. The van der Waals surface area contributed by atoms with Gasteiger partial charge in [-0.2, -0.15) is 0 Å². The van der Waals surface area contributed by atoms with Crippen molar-refractivity contribution in [3.63, 3.8) is 0 Å². The molecule has 0 bridgehead atoms. The highest BCUT2D eigenvalue weighted by molar-refractivity contribution is 8.00. The van der Waals surface area contributed by atoms with Crippen LogP contribution in [0, 0.1) is 13.8 Å². The van der Waals surface area contributed by atoms with Crippen LogP contribution in [0.25, 0.3) is 0 Å². The van der Waals surface area contributed by atoms with Crippen molar-refractivity contribution in [3.8, 4) is 0 Å². The maximum absolute atomic E-state index is 3.78. The van der Waals surface area contributed by atoms with Crippen LogP contribution in [0.1, 0.15) is 11.1 Å². The van der Waals surface area contributed by atoms with E-state index in [2.05, 4.69) is 63.4 Å². The topological polar surface area (TPSA) is 0 Å². The first kappa shape index (κ1) is 18.3. The van der Waals surface area contributed by atoms with Crippen LogP contribution < -0.4 is 0 Å². The molecule has 2 rings (SSSR count). The summed E-state index contributed by atoms with van der Waals surface area (Å²) in [5.41, 5.74) is 2.66. The van der Waals surface area contributed by atoms with Crippen LogP contribution in [-0.2, 0) is 0 Å². The third-order valence-electron chi connectivity index (χ3n) is 3.24. The second-order valence-electron chi connectivity index (χ2n) is 5.16. The summed E-state index contributed by atoms with van der Waals surface area (Å²) in [6.07, 6.45) is 3.89. The van der Waals surface area contributed by atoms with E-state index in [9.17, 15) is 0 Å². The monoisotopic (exact) mass is 358 g/mol. The summed E-state index contributed by atoms with van der Waals surface area (Å²) in [5, 5.41) is 0. The van der Waals surface area contributed by atoms with Crippen molar-refractivity contribution in [2.45, 2.75) is 33.4 Å². The molecule has 0 atom stereocenters. The van der Waals surface area contributed by atoms with Gasteiger partial charge in [-0.15, -0.1) is 36.7 Å². The zero-order valence-corrected chi connectivity index (χ0v) is 16.1. The molecular formula is C20H22S3. The summed E-state index contributed by atoms with van der Waals surface area (Å²) in [6.45, 7) is 11.9. The molecule has 0 radical (unpaired) electrons. The van der Waals surface area contributed by atoms with E-state index in [0.29, 0.717) is 0 Å². The van der Waals surface area contributed by atoms with E-state index in [0.717, 1.165) is 11.5 Å². The third kappa shape index (κ3) is 5.52. The Morgan fingerprint density at radius 1 is 0.783 bits per heavy atom. The van der Waals surface area contributed by atoms with Crippen LogP contribution in [0.4, 0.5) is 0 Å². The summed E-state index contributed by atoms with van der Waals surface area (Å²) >= 11 is 5.49. The average molecular weight is 359 g/mol. The van der Waals surface area contributed by atoms with Crippen LogP contribution >= 0.6 is 35.3 Å². The zero-order chi connectivity index (χ0) is 16.7. The molecule has 0 aromatic heterocycles. The number of hydrogen-bond donors (Lipinski definition) is 0. The molecule has 0 heterocycles. The van der Waals surface area contributed by atoms with Gasteiger partial charge in [0.15, 0.2) is 0 Å². The van der Waals surface area contributed by atoms with Crippen molar-refractivity contribution in [2.24, 2.45) is 0 Å². The molecule has 0 spiro atoms. The fraction of sp³-hybridized carbons (Fsp3) is 0.200. The van der Waals surface area contributed by atoms with Crippen molar-refractivity contribution >= 4 is 35.3 Å². The predicted molar refractivity (Wildman–Crippen MR) is 108 cm³/mol. The SMILES string of the molecule is C=CCSc1ccc(Sc2ccc(SCC=C)c(C)c2)cc1C. The van der Waals surface area contributed by atoms with E-state index in [-0.39, 0.29) is 0 Å². The molecule has 0 unspecified atom stereocenters. The molecule has 120 valence electrons. The Hall–Kier alpha value is -1.03. The number of rotatable bonds is 8. The Bertz CT molecular complexity index is 630. The van der Waals surface area contributed by atoms with Gasteiger partial charge >= 0.3 is 0 Å². The third-order valence-corrected chi connectivity index (χ3v) is 6.56. The van der Waals surface area contributed by atoms with Gasteiger partial charge in [-0.25, -0.2) is 0 Å². The lowest BCUT2D eigenvalue weighted by molar-refractivity contribution is 1.22.